The predicted molar refractivity (Wildman–Crippen MR) is 111 cm³/mol. The number of likely N-dealkylation sites (N-methyl/N-ethyl adjacent to an activating group) is 1. The van der Waals surface area contributed by atoms with E-state index < -0.39 is 0 Å². The maximum absolute atomic E-state index is 12.4. The van der Waals surface area contributed by atoms with Gasteiger partial charge in [-0.1, -0.05) is 23.7 Å². The Balaban J connectivity index is 1.35. The lowest BCUT2D eigenvalue weighted by atomic mass is 10.2. The Hall–Kier alpha value is -2.35. The molecule has 1 saturated heterocycles. The quantitative estimate of drug-likeness (QED) is 0.708. The van der Waals surface area contributed by atoms with Gasteiger partial charge in [-0.3, -0.25) is 19.4 Å². The molecule has 0 aliphatic carbocycles. The van der Waals surface area contributed by atoms with Crippen LogP contribution in [0.15, 0.2) is 47.1 Å². The van der Waals surface area contributed by atoms with E-state index in [2.05, 4.69) is 15.1 Å². The second kappa shape index (κ2) is 10.4. The van der Waals surface area contributed by atoms with Gasteiger partial charge in [0.1, 0.15) is 5.76 Å². The van der Waals surface area contributed by atoms with Gasteiger partial charge in [-0.25, -0.2) is 0 Å². The van der Waals surface area contributed by atoms with Crippen molar-refractivity contribution in [1.82, 2.24) is 20.0 Å². The number of hydrogen-bond acceptors (Lipinski definition) is 5. The monoisotopic (exact) mass is 418 g/mol. The highest BCUT2D eigenvalue weighted by molar-refractivity contribution is 6.30. The van der Waals surface area contributed by atoms with Gasteiger partial charge in [0, 0.05) is 44.8 Å². The Morgan fingerprint density at radius 1 is 1.10 bits per heavy atom. The number of amides is 2. The summed E-state index contributed by atoms with van der Waals surface area (Å²) in [5.41, 5.74) is 1.24. The maximum Gasteiger partial charge on any atom is 0.239 e. The zero-order chi connectivity index (χ0) is 20.6. The number of rotatable bonds is 8. The van der Waals surface area contributed by atoms with Crippen LogP contribution < -0.4 is 5.32 Å². The van der Waals surface area contributed by atoms with E-state index in [9.17, 15) is 9.59 Å². The molecule has 156 valence electrons. The van der Waals surface area contributed by atoms with Gasteiger partial charge in [-0.05, 0) is 29.8 Å². The van der Waals surface area contributed by atoms with Crippen LogP contribution in [0.2, 0.25) is 5.02 Å². The lowest BCUT2D eigenvalue weighted by Crippen LogP contribution is -2.50. The molecule has 7 nitrogen and oxygen atoms in total. The molecular formula is C21H27ClN4O3. The Bertz CT molecular complexity index is 787. The van der Waals surface area contributed by atoms with Gasteiger partial charge in [0.15, 0.2) is 0 Å². The standard InChI is InChI=1S/C21H27ClN4O3/c1-24(15-20(27)23-13-19-3-2-12-29-19)21(28)16-26-10-8-25(9-11-26)14-17-4-6-18(22)7-5-17/h2-7,12H,8-11,13-16H2,1H3,(H,23,27). The van der Waals surface area contributed by atoms with Crippen molar-refractivity contribution in [2.24, 2.45) is 0 Å². The number of benzene rings is 1. The average Bonchev–Trinajstić information content (AvgIpc) is 3.23. The number of hydrogen-bond donors (Lipinski definition) is 1. The van der Waals surface area contributed by atoms with E-state index in [4.69, 9.17) is 16.0 Å². The lowest BCUT2D eigenvalue weighted by Gasteiger charge is -2.35. The first-order chi connectivity index (χ1) is 14.0. The lowest BCUT2D eigenvalue weighted by molar-refractivity contribution is -0.136. The summed E-state index contributed by atoms with van der Waals surface area (Å²) < 4.78 is 5.18. The van der Waals surface area contributed by atoms with Crippen LogP contribution in [0.5, 0.6) is 0 Å². The molecule has 2 amide bonds. The van der Waals surface area contributed by atoms with Crippen LogP contribution in [-0.2, 0) is 22.7 Å². The number of nitrogens with zero attached hydrogens (tertiary/aromatic N) is 3. The van der Waals surface area contributed by atoms with Crippen LogP contribution in [-0.4, -0.2) is 72.8 Å². The molecule has 1 aromatic carbocycles. The summed E-state index contributed by atoms with van der Waals surface area (Å²) in [6.45, 7) is 5.05. The van der Waals surface area contributed by atoms with E-state index >= 15 is 0 Å². The van der Waals surface area contributed by atoms with Crippen LogP contribution in [0, 0.1) is 0 Å². The highest BCUT2D eigenvalue weighted by atomic mass is 35.5. The molecule has 0 saturated carbocycles. The second-order valence-corrected chi connectivity index (χ2v) is 7.72. The van der Waals surface area contributed by atoms with Crippen molar-refractivity contribution in [3.63, 3.8) is 0 Å². The second-order valence-electron chi connectivity index (χ2n) is 7.28. The summed E-state index contributed by atoms with van der Waals surface area (Å²) in [5, 5.41) is 3.50. The summed E-state index contributed by atoms with van der Waals surface area (Å²) in [4.78, 5) is 30.4. The molecule has 2 aromatic rings. The fraction of sp³-hybridized carbons (Fsp3) is 0.429. The van der Waals surface area contributed by atoms with E-state index in [0.29, 0.717) is 18.8 Å². The van der Waals surface area contributed by atoms with Gasteiger partial charge in [0.2, 0.25) is 11.8 Å². The molecule has 1 fully saturated rings. The van der Waals surface area contributed by atoms with E-state index in [1.165, 1.54) is 10.5 Å². The van der Waals surface area contributed by atoms with Crippen molar-refractivity contribution in [2.45, 2.75) is 13.1 Å². The zero-order valence-corrected chi connectivity index (χ0v) is 17.4. The first-order valence-electron chi connectivity index (χ1n) is 9.72. The SMILES string of the molecule is CN(CC(=O)NCc1ccco1)C(=O)CN1CCN(Cc2ccc(Cl)cc2)CC1. The van der Waals surface area contributed by atoms with E-state index in [1.54, 1.807) is 25.4 Å². The Morgan fingerprint density at radius 2 is 1.79 bits per heavy atom. The van der Waals surface area contributed by atoms with Crippen LogP contribution in [0.1, 0.15) is 11.3 Å². The summed E-state index contributed by atoms with van der Waals surface area (Å²) in [6.07, 6.45) is 1.56. The Morgan fingerprint density at radius 3 is 2.45 bits per heavy atom. The van der Waals surface area contributed by atoms with Gasteiger partial charge in [0.05, 0.1) is 25.9 Å². The van der Waals surface area contributed by atoms with Crippen LogP contribution in [0.3, 0.4) is 0 Å². The highest BCUT2D eigenvalue weighted by Gasteiger charge is 2.21. The molecule has 29 heavy (non-hydrogen) atoms. The molecule has 8 heteroatoms. The normalized spacial score (nSPS) is 15.2. The molecule has 0 unspecified atom stereocenters. The third kappa shape index (κ3) is 6.88. The largest absolute Gasteiger partial charge is 0.467 e. The number of halogens is 1. The molecule has 2 heterocycles. The first-order valence-corrected chi connectivity index (χ1v) is 10.1. The topological polar surface area (TPSA) is 69.0 Å². The third-order valence-corrected chi connectivity index (χ3v) is 5.24. The molecule has 0 radical (unpaired) electrons. The van der Waals surface area contributed by atoms with Crippen molar-refractivity contribution in [3.8, 4) is 0 Å². The highest BCUT2D eigenvalue weighted by Crippen LogP contribution is 2.13. The average molecular weight is 419 g/mol. The van der Waals surface area contributed by atoms with E-state index in [-0.39, 0.29) is 18.4 Å². The summed E-state index contributed by atoms with van der Waals surface area (Å²) in [5.74, 6) is 0.429. The predicted octanol–water partition coefficient (Wildman–Crippen LogP) is 1.83. The fourth-order valence-corrected chi connectivity index (χ4v) is 3.35. The van der Waals surface area contributed by atoms with E-state index in [0.717, 1.165) is 37.7 Å². The molecule has 0 bridgehead atoms. The van der Waals surface area contributed by atoms with Crippen molar-refractivity contribution in [1.29, 1.82) is 0 Å². The first kappa shape index (κ1) is 21.4. The maximum atomic E-state index is 12.4. The number of furan rings is 1. The minimum Gasteiger partial charge on any atom is -0.467 e. The smallest absolute Gasteiger partial charge is 0.239 e. The van der Waals surface area contributed by atoms with Crippen molar-refractivity contribution in [2.75, 3.05) is 46.3 Å². The van der Waals surface area contributed by atoms with Crippen molar-refractivity contribution < 1.29 is 14.0 Å². The number of carbonyl (C=O) groups excluding carboxylic acids is 2. The number of piperazine rings is 1. The fourth-order valence-electron chi connectivity index (χ4n) is 3.22. The molecule has 0 atom stereocenters. The van der Waals surface area contributed by atoms with Gasteiger partial charge in [-0.15, -0.1) is 0 Å². The van der Waals surface area contributed by atoms with Crippen molar-refractivity contribution >= 4 is 23.4 Å². The molecule has 1 N–H and O–H groups in total. The van der Waals surface area contributed by atoms with Crippen LogP contribution >= 0.6 is 11.6 Å². The summed E-state index contributed by atoms with van der Waals surface area (Å²) in [6, 6.07) is 11.5. The van der Waals surface area contributed by atoms with Gasteiger partial charge < -0.3 is 14.6 Å². The molecule has 1 aliphatic heterocycles. The minimum absolute atomic E-state index is 0.0378. The van der Waals surface area contributed by atoms with E-state index in [1.807, 2.05) is 24.3 Å². The summed E-state index contributed by atoms with van der Waals surface area (Å²) >= 11 is 5.93. The van der Waals surface area contributed by atoms with Crippen LogP contribution in [0.4, 0.5) is 0 Å². The molecule has 1 aliphatic rings. The number of nitrogens with one attached hydrogen (secondary N) is 1. The minimum atomic E-state index is -0.204. The molecule has 1 aromatic heterocycles. The Kier molecular flexibility index (Phi) is 7.69. The zero-order valence-electron chi connectivity index (χ0n) is 16.6. The van der Waals surface area contributed by atoms with Gasteiger partial charge >= 0.3 is 0 Å². The third-order valence-electron chi connectivity index (χ3n) is 4.99. The Labute approximate surface area is 176 Å². The summed E-state index contributed by atoms with van der Waals surface area (Å²) in [7, 11) is 1.66. The molecule has 3 rings (SSSR count). The molecule has 0 spiro atoms. The van der Waals surface area contributed by atoms with Crippen molar-refractivity contribution in [3.05, 3.63) is 59.0 Å². The van der Waals surface area contributed by atoms with Gasteiger partial charge in [0.25, 0.3) is 0 Å². The molecular weight excluding hydrogens is 392 g/mol. The van der Waals surface area contributed by atoms with Gasteiger partial charge in [-0.2, -0.15) is 0 Å². The number of carbonyl (C=O) groups is 2. The van der Waals surface area contributed by atoms with Crippen LogP contribution in [0.25, 0.3) is 0 Å².